The van der Waals surface area contributed by atoms with Crippen molar-refractivity contribution in [2.24, 2.45) is 0 Å². The number of hydrogen-bond acceptors (Lipinski definition) is 10. The molecule has 2 aliphatic heterocycles. The van der Waals surface area contributed by atoms with Crippen LogP contribution in [0.4, 0.5) is 16.2 Å². The summed E-state index contributed by atoms with van der Waals surface area (Å²) in [5.74, 6) is 1.58. The maximum Gasteiger partial charge on any atom is 0.313 e. The third-order valence-corrected chi connectivity index (χ3v) is 11.2. The molecule has 2 aromatic carbocycles. The van der Waals surface area contributed by atoms with Gasteiger partial charge in [-0.1, -0.05) is 29.4 Å². The molecule has 6 heterocycles. The Bertz CT molecular complexity index is 2270. The number of carbonyl (C=O) groups excluding carboxylic acids is 1. The minimum absolute atomic E-state index is 0.0377. The lowest BCUT2D eigenvalue weighted by molar-refractivity contribution is 0.0776. The highest BCUT2D eigenvalue weighted by atomic mass is 32.1. The number of amides is 1. The van der Waals surface area contributed by atoms with E-state index < -0.39 is 0 Å². The number of nitrogens with one attached hydrogen (secondary N) is 1. The SMILES string of the molecule is COc1cccc2c1CC[C@H]2Nc1nccc2cc(-c3c4c(nc(CCc5ccc(F)cc5)c3-c3nnc(N)o3)[C@@H]3CCCN3C4=O)sc12. The number of rotatable bonds is 8. The van der Waals surface area contributed by atoms with Crippen LogP contribution in [0.3, 0.4) is 0 Å². The largest absolute Gasteiger partial charge is 0.496 e. The summed E-state index contributed by atoms with van der Waals surface area (Å²) in [7, 11) is 1.71. The van der Waals surface area contributed by atoms with Gasteiger partial charge in [-0.2, -0.15) is 0 Å². The van der Waals surface area contributed by atoms with E-state index in [4.69, 9.17) is 24.9 Å². The van der Waals surface area contributed by atoms with Gasteiger partial charge in [0.25, 0.3) is 11.8 Å². The fraction of sp³-hybridized carbons (Fsp3) is 0.270. The molecule has 0 bridgehead atoms. The normalized spacial score (nSPS) is 17.8. The van der Waals surface area contributed by atoms with Crippen LogP contribution in [0.5, 0.6) is 5.75 Å². The number of carbonyl (C=O) groups is 1. The summed E-state index contributed by atoms with van der Waals surface area (Å²) >= 11 is 1.57. The van der Waals surface area contributed by atoms with Gasteiger partial charge in [0, 0.05) is 23.2 Å². The molecule has 9 rings (SSSR count). The summed E-state index contributed by atoms with van der Waals surface area (Å²) in [5.41, 5.74) is 12.8. The number of nitrogens with zero attached hydrogens (tertiary/aromatic N) is 5. The molecule has 2 atom stereocenters. The first-order chi connectivity index (χ1) is 24.0. The summed E-state index contributed by atoms with van der Waals surface area (Å²) in [6.45, 7) is 0.686. The number of ether oxygens (including phenoxy) is 1. The fourth-order valence-corrected chi connectivity index (χ4v) is 8.94. The van der Waals surface area contributed by atoms with E-state index in [0.29, 0.717) is 30.5 Å². The fourth-order valence-electron chi connectivity index (χ4n) is 7.77. The van der Waals surface area contributed by atoms with Crippen molar-refractivity contribution in [3.63, 3.8) is 0 Å². The van der Waals surface area contributed by atoms with E-state index >= 15 is 0 Å². The molecular weight excluding hydrogens is 642 g/mol. The van der Waals surface area contributed by atoms with Gasteiger partial charge in [-0.3, -0.25) is 9.78 Å². The highest BCUT2D eigenvalue weighted by Gasteiger charge is 2.45. The van der Waals surface area contributed by atoms with Gasteiger partial charge < -0.3 is 25.1 Å². The summed E-state index contributed by atoms with van der Waals surface area (Å²) in [5, 5.41) is 13.0. The van der Waals surface area contributed by atoms with E-state index in [9.17, 15) is 9.18 Å². The molecule has 10 nitrogen and oxygen atoms in total. The number of nitrogen functional groups attached to an aromatic ring is 1. The van der Waals surface area contributed by atoms with Gasteiger partial charge in [0.2, 0.25) is 0 Å². The molecule has 3 N–H and O–H groups in total. The first-order valence-electron chi connectivity index (χ1n) is 16.5. The van der Waals surface area contributed by atoms with Crippen LogP contribution in [0.25, 0.3) is 32.0 Å². The van der Waals surface area contributed by atoms with E-state index in [1.165, 1.54) is 23.3 Å². The van der Waals surface area contributed by atoms with Gasteiger partial charge in [0.1, 0.15) is 17.4 Å². The van der Waals surface area contributed by atoms with Crippen molar-refractivity contribution in [3.05, 3.63) is 100 Å². The van der Waals surface area contributed by atoms with Crippen LogP contribution in [-0.4, -0.2) is 44.6 Å². The molecule has 6 aromatic rings. The molecule has 246 valence electrons. The highest BCUT2D eigenvalue weighted by Crippen LogP contribution is 2.51. The van der Waals surface area contributed by atoms with Crippen molar-refractivity contribution < 1.29 is 18.3 Å². The number of pyridine rings is 2. The van der Waals surface area contributed by atoms with Crippen LogP contribution >= 0.6 is 11.3 Å². The second-order valence-electron chi connectivity index (χ2n) is 12.7. The van der Waals surface area contributed by atoms with Crippen molar-refractivity contribution >= 4 is 39.2 Å². The van der Waals surface area contributed by atoms with Crippen LogP contribution in [0.1, 0.15) is 69.8 Å². The summed E-state index contributed by atoms with van der Waals surface area (Å²) in [6, 6.07) is 16.7. The summed E-state index contributed by atoms with van der Waals surface area (Å²) < 4.78 is 26.2. The number of hydrogen-bond donors (Lipinski definition) is 2. The van der Waals surface area contributed by atoms with Gasteiger partial charge in [0.05, 0.1) is 46.4 Å². The Labute approximate surface area is 285 Å². The number of nitrogens with two attached hydrogens (primary N) is 1. The van der Waals surface area contributed by atoms with Crippen molar-refractivity contribution in [1.29, 1.82) is 0 Å². The number of halogens is 1. The van der Waals surface area contributed by atoms with Crippen LogP contribution in [0.2, 0.25) is 0 Å². The number of anilines is 2. The third kappa shape index (κ3) is 4.92. The molecule has 1 aliphatic carbocycles. The Morgan fingerprint density at radius 1 is 1.08 bits per heavy atom. The van der Waals surface area contributed by atoms with Gasteiger partial charge in [-0.05, 0) is 90.9 Å². The Balaban J connectivity index is 1.20. The Morgan fingerprint density at radius 3 is 2.78 bits per heavy atom. The van der Waals surface area contributed by atoms with Gasteiger partial charge >= 0.3 is 6.01 Å². The average Bonchev–Trinajstić information content (AvgIpc) is 3.95. The Morgan fingerprint density at radius 2 is 1.96 bits per heavy atom. The van der Waals surface area contributed by atoms with Gasteiger partial charge in [-0.15, -0.1) is 16.4 Å². The van der Waals surface area contributed by atoms with Crippen LogP contribution in [0.15, 0.2) is 65.2 Å². The predicted octanol–water partition coefficient (Wildman–Crippen LogP) is 7.31. The molecule has 1 amide bonds. The molecule has 3 aliphatic rings. The lowest BCUT2D eigenvalue weighted by atomic mass is 9.93. The van der Waals surface area contributed by atoms with Crippen molar-refractivity contribution in [2.45, 2.75) is 50.6 Å². The number of thiophene rings is 1. The maximum atomic E-state index is 14.2. The minimum Gasteiger partial charge on any atom is -0.496 e. The lowest BCUT2D eigenvalue weighted by Crippen LogP contribution is -2.22. The molecule has 1 fully saturated rings. The molecule has 4 aromatic heterocycles. The van der Waals surface area contributed by atoms with Crippen LogP contribution < -0.4 is 15.8 Å². The predicted molar refractivity (Wildman–Crippen MR) is 185 cm³/mol. The zero-order valence-corrected chi connectivity index (χ0v) is 27.5. The smallest absolute Gasteiger partial charge is 0.313 e. The number of aromatic nitrogens is 4. The van der Waals surface area contributed by atoms with E-state index in [1.54, 1.807) is 30.6 Å². The average molecular weight is 674 g/mol. The standard InChI is InChI=1S/C37H32FN7O3S/c1-47-27-6-2-4-22-23(27)12-14-24(22)42-34-33-20(15-16-40-34)18-28(49-33)30-29(35-43-44-37(39)48-35)25(13-9-19-7-10-21(38)11-8-19)41-32-26-5-3-17-45(26)36(46)31(30)32/h2,4,6-8,10-11,15-16,18,24,26H,3,5,9,12-14,17H2,1H3,(H2,39,44)(H,40,42)/t24-,26+/m1/s1. The quantitative estimate of drug-likeness (QED) is 0.171. The number of fused-ring (bicyclic) bond motifs is 5. The van der Waals surface area contributed by atoms with Gasteiger partial charge in [0.15, 0.2) is 0 Å². The first kappa shape index (κ1) is 29.8. The maximum absolute atomic E-state index is 14.2. The Kier molecular flexibility index (Phi) is 7.08. The monoisotopic (exact) mass is 673 g/mol. The van der Waals surface area contributed by atoms with Crippen molar-refractivity contribution in [2.75, 3.05) is 24.7 Å². The molecule has 0 spiro atoms. The van der Waals surface area contributed by atoms with Crippen molar-refractivity contribution in [3.8, 4) is 27.6 Å². The van der Waals surface area contributed by atoms with Crippen molar-refractivity contribution in [1.82, 2.24) is 25.1 Å². The van der Waals surface area contributed by atoms with Crippen LogP contribution in [-0.2, 0) is 19.3 Å². The van der Waals surface area contributed by atoms with E-state index in [2.05, 4.69) is 27.6 Å². The molecule has 49 heavy (non-hydrogen) atoms. The lowest BCUT2D eigenvalue weighted by Gasteiger charge is -2.16. The van der Waals surface area contributed by atoms with Gasteiger partial charge in [-0.25, -0.2) is 9.37 Å². The van der Waals surface area contributed by atoms with Crippen LogP contribution in [0, 0.1) is 5.82 Å². The number of benzene rings is 2. The molecule has 12 heteroatoms. The summed E-state index contributed by atoms with van der Waals surface area (Å²) in [4.78, 5) is 27.0. The Hall–Kier alpha value is -5.36. The van der Waals surface area contributed by atoms with E-state index in [-0.39, 0.29) is 35.7 Å². The molecular formula is C37H32FN7O3S. The third-order valence-electron chi connectivity index (χ3n) is 10.0. The number of methoxy groups -OCH3 is 1. The second kappa shape index (κ2) is 11.7. The zero-order valence-electron chi connectivity index (χ0n) is 26.7. The zero-order chi connectivity index (χ0) is 33.2. The summed E-state index contributed by atoms with van der Waals surface area (Å²) in [6.07, 6.45) is 6.55. The molecule has 1 saturated heterocycles. The molecule has 0 radical (unpaired) electrons. The first-order valence-corrected chi connectivity index (χ1v) is 17.3. The highest BCUT2D eigenvalue weighted by molar-refractivity contribution is 7.23. The number of aryl methyl sites for hydroxylation is 2. The minimum atomic E-state index is -0.284. The van der Waals surface area contributed by atoms with E-state index in [0.717, 1.165) is 74.7 Å². The second-order valence-corrected chi connectivity index (χ2v) is 13.8. The molecule has 0 unspecified atom stereocenters. The molecule has 0 saturated carbocycles. The van der Waals surface area contributed by atoms with E-state index in [1.807, 2.05) is 29.3 Å². The topological polar surface area (TPSA) is 132 Å².